The summed E-state index contributed by atoms with van der Waals surface area (Å²) in [4.78, 5) is 14.3. The molecule has 0 radical (unpaired) electrons. The van der Waals surface area contributed by atoms with Crippen LogP contribution in [0.25, 0.3) is 0 Å². The van der Waals surface area contributed by atoms with E-state index in [1.165, 1.54) is 12.8 Å². The summed E-state index contributed by atoms with van der Waals surface area (Å²) in [7, 11) is 1.61. The average molecular weight is 275 g/mol. The highest BCUT2D eigenvalue weighted by molar-refractivity contribution is 5.91. The summed E-state index contributed by atoms with van der Waals surface area (Å²) in [5.41, 5.74) is 0.725. The molecule has 2 fully saturated rings. The largest absolute Gasteiger partial charge is 0.495 e. The Kier molecular flexibility index (Phi) is 3.78. The Morgan fingerprint density at radius 3 is 3.05 bits per heavy atom. The number of methoxy groups -OCH3 is 1. The van der Waals surface area contributed by atoms with Crippen molar-refractivity contribution in [2.75, 3.05) is 32.1 Å². The average Bonchev–Trinajstić information content (AvgIpc) is 2.92. The van der Waals surface area contributed by atoms with Gasteiger partial charge >= 0.3 is 6.03 Å². The Bertz CT molecular complexity index is 478. The number of amides is 2. The molecule has 20 heavy (non-hydrogen) atoms. The van der Waals surface area contributed by atoms with Crippen molar-refractivity contribution < 1.29 is 9.53 Å². The SMILES string of the molecule is COc1ccccc1NC(=O)N1CC2CCCNC2C1. The van der Waals surface area contributed by atoms with Gasteiger partial charge in [-0.1, -0.05) is 12.1 Å². The van der Waals surface area contributed by atoms with Gasteiger partial charge in [-0.2, -0.15) is 0 Å². The van der Waals surface area contributed by atoms with E-state index < -0.39 is 0 Å². The number of nitrogens with one attached hydrogen (secondary N) is 2. The van der Waals surface area contributed by atoms with Gasteiger partial charge in [0.25, 0.3) is 0 Å². The fourth-order valence-corrected chi connectivity index (χ4v) is 3.15. The van der Waals surface area contributed by atoms with E-state index in [4.69, 9.17) is 4.74 Å². The normalized spacial score (nSPS) is 25.1. The number of piperidine rings is 1. The van der Waals surface area contributed by atoms with Crippen LogP contribution in [0, 0.1) is 5.92 Å². The molecule has 2 saturated heterocycles. The lowest BCUT2D eigenvalue weighted by Crippen LogP contribution is -2.41. The first-order chi connectivity index (χ1) is 9.78. The van der Waals surface area contributed by atoms with E-state index in [1.807, 2.05) is 29.2 Å². The second kappa shape index (κ2) is 5.71. The first kappa shape index (κ1) is 13.2. The van der Waals surface area contributed by atoms with E-state index in [1.54, 1.807) is 7.11 Å². The maximum absolute atomic E-state index is 12.4. The van der Waals surface area contributed by atoms with Crippen LogP contribution >= 0.6 is 0 Å². The molecule has 5 nitrogen and oxygen atoms in total. The van der Waals surface area contributed by atoms with Gasteiger partial charge in [-0.05, 0) is 37.4 Å². The van der Waals surface area contributed by atoms with Crippen LogP contribution in [-0.2, 0) is 0 Å². The van der Waals surface area contributed by atoms with Gasteiger partial charge in [0.2, 0.25) is 0 Å². The lowest BCUT2D eigenvalue weighted by Gasteiger charge is -2.24. The molecule has 0 bridgehead atoms. The molecule has 1 aromatic carbocycles. The predicted octanol–water partition coefficient (Wildman–Crippen LogP) is 1.91. The number of urea groups is 1. The van der Waals surface area contributed by atoms with E-state index in [-0.39, 0.29) is 6.03 Å². The summed E-state index contributed by atoms with van der Waals surface area (Å²) >= 11 is 0. The van der Waals surface area contributed by atoms with Crippen molar-refractivity contribution in [2.45, 2.75) is 18.9 Å². The summed E-state index contributed by atoms with van der Waals surface area (Å²) in [5, 5.41) is 6.45. The molecule has 108 valence electrons. The number of anilines is 1. The summed E-state index contributed by atoms with van der Waals surface area (Å²) in [6.07, 6.45) is 2.43. The Labute approximate surface area is 119 Å². The van der Waals surface area contributed by atoms with Crippen LogP contribution < -0.4 is 15.4 Å². The van der Waals surface area contributed by atoms with E-state index in [2.05, 4.69) is 10.6 Å². The molecule has 2 heterocycles. The van der Waals surface area contributed by atoms with Gasteiger partial charge in [0, 0.05) is 19.1 Å². The molecule has 2 aliphatic heterocycles. The number of ether oxygens (including phenoxy) is 1. The number of likely N-dealkylation sites (tertiary alicyclic amines) is 1. The van der Waals surface area contributed by atoms with Crippen molar-refractivity contribution in [2.24, 2.45) is 5.92 Å². The Balaban J connectivity index is 1.65. The lowest BCUT2D eigenvalue weighted by atomic mass is 9.94. The first-order valence-corrected chi connectivity index (χ1v) is 7.20. The monoisotopic (exact) mass is 275 g/mol. The molecule has 2 N–H and O–H groups in total. The van der Waals surface area contributed by atoms with Crippen LogP contribution in [0.5, 0.6) is 5.75 Å². The quantitative estimate of drug-likeness (QED) is 0.867. The molecule has 0 aliphatic carbocycles. The zero-order chi connectivity index (χ0) is 13.9. The fraction of sp³-hybridized carbons (Fsp3) is 0.533. The van der Waals surface area contributed by atoms with Crippen LogP contribution in [-0.4, -0.2) is 43.7 Å². The third-order valence-electron chi connectivity index (χ3n) is 4.24. The molecule has 3 rings (SSSR count). The van der Waals surface area contributed by atoms with Gasteiger partial charge in [0.15, 0.2) is 0 Å². The maximum Gasteiger partial charge on any atom is 0.322 e. The minimum atomic E-state index is -0.0364. The third-order valence-corrected chi connectivity index (χ3v) is 4.24. The molecule has 5 heteroatoms. The molecule has 0 spiro atoms. The van der Waals surface area contributed by atoms with Crippen molar-refractivity contribution in [1.29, 1.82) is 0 Å². The predicted molar refractivity (Wildman–Crippen MR) is 78.1 cm³/mol. The van der Waals surface area contributed by atoms with E-state index in [0.717, 1.165) is 25.3 Å². The zero-order valence-corrected chi connectivity index (χ0v) is 11.8. The van der Waals surface area contributed by atoms with Crippen molar-refractivity contribution in [3.8, 4) is 5.75 Å². The highest BCUT2D eigenvalue weighted by Crippen LogP contribution is 2.27. The highest BCUT2D eigenvalue weighted by atomic mass is 16.5. The second-order valence-electron chi connectivity index (χ2n) is 5.50. The Morgan fingerprint density at radius 1 is 1.40 bits per heavy atom. The van der Waals surface area contributed by atoms with Gasteiger partial charge in [-0.3, -0.25) is 0 Å². The van der Waals surface area contributed by atoms with Crippen LogP contribution in [0.1, 0.15) is 12.8 Å². The van der Waals surface area contributed by atoms with Crippen LogP contribution in [0.3, 0.4) is 0 Å². The Hall–Kier alpha value is -1.75. The molecule has 0 saturated carbocycles. The van der Waals surface area contributed by atoms with E-state index in [9.17, 15) is 4.79 Å². The van der Waals surface area contributed by atoms with Gasteiger partial charge < -0.3 is 20.3 Å². The molecule has 0 aromatic heterocycles. The molecule has 1 aromatic rings. The number of hydrogen-bond donors (Lipinski definition) is 2. The number of fused-ring (bicyclic) bond motifs is 1. The minimum Gasteiger partial charge on any atom is -0.495 e. The van der Waals surface area contributed by atoms with Gasteiger partial charge in [0.05, 0.1) is 12.8 Å². The maximum atomic E-state index is 12.4. The number of para-hydroxylation sites is 2. The number of carbonyl (C=O) groups is 1. The van der Waals surface area contributed by atoms with Crippen molar-refractivity contribution in [3.05, 3.63) is 24.3 Å². The number of hydrogen-bond acceptors (Lipinski definition) is 3. The smallest absolute Gasteiger partial charge is 0.322 e. The van der Waals surface area contributed by atoms with Crippen molar-refractivity contribution in [3.63, 3.8) is 0 Å². The number of carbonyl (C=O) groups excluding carboxylic acids is 1. The van der Waals surface area contributed by atoms with Crippen LogP contribution in [0.4, 0.5) is 10.5 Å². The topological polar surface area (TPSA) is 53.6 Å². The van der Waals surface area contributed by atoms with Crippen molar-refractivity contribution in [1.82, 2.24) is 10.2 Å². The summed E-state index contributed by atoms with van der Waals surface area (Å²) in [5.74, 6) is 1.29. The molecule has 2 amide bonds. The number of benzene rings is 1. The van der Waals surface area contributed by atoms with Crippen molar-refractivity contribution >= 4 is 11.7 Å². The fourth-order valence-electron chi connectivity index (χ4n) is 3.15. The Morgan fingerprint density at radius 2 is 2.25 bits per heavy atom. The summed E-state index contributed by atoms with van der Waals surface area (Å²) < 4.78 is 5.26. The highest BCUT2D eigenvalue weighted by Gasteiger charge is 2.36. The molecular weight excluding hydrogens is 254 g/mol. The molecule has 2 aliphatic rings. The standard InChI is InChI=1S/C15H21N3O2/c1-20-14-7-3-2-6-12(14)17-15(19)18-9-11-5-4-8-16-13(11)10-18/h2-3,6-7,11,13,16H,4-5,8-10H2,1H3,(H,17,19). The minimum absolute atomic E-state index is 0.0364. The number of rotatable bonds is 2. The van der Waals surface area contributed by atoms with Gasteiger partial charge in [0.1, 0.15) is 5.75 Å². The number of nitrogens with zero attached hydrogens (tertiary/aromatic N) is 1. The van der Waals surface area contributed by atoms with Crippen LogP contribution in [0.15, 0.2) is 24.3 Å². The molecular formula is C15H21N3O2. The lowest BCUT2D eigenvalue weighted by molar-refractivity contribution is 0.220. The molecule has 2 unspecified atom stereocenters. The summed E-state index contributed by atoms with van der Waals surface area (Å²) in [6, 6.07) is 7.92. The van der Waals surface area contributed by atoms with Gasteiger partial charge in [-0.25, -0.2) is 4.79 Å². The zero-order valence-electron chi connectivity index (χ0n) is 11.8. The second-order valence-corrected chi connectivity index (χ2v) is 5.50. The third kappa shape index (κ3) is 2.58. The van der Waals surface area contributed by atoms with E-state index in [0.29, 0.717) is 17.7 Å². The van der Waals surface area contributed by atoms with E-state index >= 15 is 0 Å². The molecule has 2 atom stereocenters. The van der Waals surface area contributed by atoms with Gasteiger partial charge in [-0.15, -0.1) is 0 Å². The first-order valence-electron chi connectivity index (χ1n) is 7.20. The van der Waals surface area contributed by atoms with Crippen LogP contribution in [0.2, 0.25) is 0 Å². The summed E-state index contributed by atoms with van der Waals surface area (Å²) in [6.45, 7) is 2.72.